The highest BCUT2D eigenvalue weighted by Gasteiger charge is 2.15. The summed E-state index contributed by atoms with van der Waals surface area (Å²) >= 11 is 0. The first-order valence-electron chi connectivity index (χ1n) is 8.00. The number of nitrogens with zero attached hydrogens (tertiary/aromatic N) is 3. The van der Waals surface area contributed by atoms with Crippen LogP contribution < -0.4 is 5.32 Å². The van der Waals surface area contributed by atoms with Gasteiger partial charge in [0, 0.05) is 42.8 Å². The van der Waals surface area contributed by atoms with Crippen LogP contribution in [0.2, 0.25) is 0 Å². The first-order valence-corrected chi connectivity index (χ1v) is 8.00. The summed E-state index contributed by atoms with van der Waals surface area (Å²) in [5.74, 6) is 0. The van der Waals surface area contributed by atoms with Crippen molar-refractivity contribution in [3.8, 4) is 16.9 Å². The molecule has 3 rings (SSSR count). The average molecular weight is 322 g/mol. The zero-order valence-electron chi connectivity index (χ0n) is 14.0. The molecule has 24 heavy (non-hydrogen) atoms. The van der Waals surface area contributed by atoms with Gasteiger partial charge in [-0.2, -0.15) is 5.10 Å². The quantitative estimate of drug-likeness (QED) is 0.732. The Morgan fingerprint density at radius 3 is 2.58 bits per heavy atom. The number of aliphatic hydroxyl groups is 1. The minimum absolute atomic E-state index is 0.510. The second-order valence-corrected chi connectivity index (χ2v) is 6.44. The Labute approximate surface area is 142 Å². The fourth-order valence-electron chi connectivity index (χ4n) is 2.50. The molecule has 3 aromatic rings. The van der Waals surface area contributed by atoms with Gasteiger partial charge in [0.05, 0.1) is 17.0 Å². The third kappa shape index (κ3) is 4.07. The summed E-state index contributed by atoms with van der Waals surface area (Å²) in [4.78, 5) is 4.19. The highest BCUT2D eigenvalue weighted by Crippen LogP contribution is 2.23. The van der Waals surface area contributed by atoms with Crippen LogP contribution >= 0.6 is 0 Å². The molecular weight excluding hydrogens is 300 g/mol. The van der Waals surface area contributed by atoms with E-state index in [0.717, 1.165) is 22.5 Å². The van der Waals surface area contributed by atoms with E-state index in [1.165, 1.54) is 0 Å². The monoisotopic (exact) mass is 322 g/mol. The van der Waals surface area contributed by atoms with E-state index in [9.17, 15) is 5.11 Å². The molecule has 124 valence electrons. The molecule has 0 fully saturated rings. The van der Waals surface area contributed by atoms with E-state index in [2.05, 4.69) is 10.3 Å². The molecule has 0 aliphatic carbocycles. The number of rotatable bonds is 6. The minimum atomic E-state index is -0.746. The third-order valence-corrected chi connectivity index (χ3v) is 3.62. The number of hydrogen-bond acceptors (Lipinski definition) is 4. The molecule has 5 heteroatoms. The van der Waals surface area contributed by atoms with Gasteiger partial charge in [0.2, 0.25) is 0 Å². The molecule has 0 bridgehead atoms. The first kappa shape index (κ1) is 16.4. The summed E-state index contributed by atoms with van der Waals surface area (Å²) in [5, 5.41) is 17.9. The predicted molar refractivity (Wildman–Crippen MR) is 94.8 cm³/mol. The Hall–Kier alpha value is -2.50. The van der Waals surface area contributed by atoms with Crippen LogP contribution in [-0.4, -0.2) is 32.0 Å². The van der Waals surface area contributed by atoms with Gasteiger partial charge in [0.1, 0.15) is 0 Å². The lowest BCUT2D eigenvalue weighted by atomic mass is 10.1. The van der Waals surface area contributed by atoms with Gasteiger partial charge >= 0.3 is 0 Å². The van der Waals surface area contributed by atoms with Gasteiger partial charge in [0.15, 0.2) is 0 Å². The second kappa shape index (κ2) is 6.95. The maximum Gasteiger partial charge on any atom is 0.0988 e. The van der Waals surface area contributed by atoms with Crippen LogP contribution in [0.4, 0.5) is 0 Å². The molecule has 2 N–H and O–H groups in total. The first-order chi connectivity index (χ1) is 11.5. The maximum absolute atomic E-state index is 9.87. The lowest BCUT2D eigenvalue weighted by Gasteiger charge is -2.17. The standard InChI is InChI=1S/C19H22N4O/c1-19(2,24)14-21-12-16-13-23(17-8-4-3-5-9-17)22-18(16)15-7-6-10-20-11-15/h3-11,13,21,24H,12,14H2,1-2H3. The van der Waals surface area contributed by atoms with E-state index in [-0.39, 0.29) is 0 Å². The van der Waals surface area contributed by atoms with E-state index in [0.29, 0.717) is 13.1 Å². The Morgan fingerprint density at radius 1 is 1.12 bits per heavy atom. The maximum atomic E-state index is 9.87. The molecule has 0 saturated heterocycles. The van der Waals surface area contributed by atoms with Crippen molar-refractivity contribution in [1.82, 2.24) is 20.1 Å². The van der Waals surface area contributed by atoms with Crippen molar-refractivity contribution in [2.45, 2.75) is 26.0 Å². The molecule has 2 heterocycles. The van der Waals surface area contributed by atoms with E-state index < -0.39 is 5.60 Å². The molecule has 1 aromatic carbocycles. The van der Waals surface area contributed by atoms with Gasteiger partial charge in [-0.15, -0.1) is 0 Å². The van der Waals surface area contributed by atoms with Crippen molar-refractivity contribution in [3.63, 3.8) is 0 Å². The Bertz CT molecular complexity index is 776. The van der Waals surface area contributed by atoms with Crippen LogP contribution in [0.1, 0.15) is 19.4 Å². The summed E-state index contributed by atoms with van der Waals surface area (Å²) in [6.45, 7) is 4.71. The van der Waals surface area contributed by atoms with Gasteiger partial charge in [-0.25, -0.2) is 4.68 Å². The lowest BCUT2D eigenvalue weighted by molar-refractivity contribution is 0.0795. The number of hydrogen-bond donors (Lipinski definition) is 2. The Kier molecular flexibility index (Phi) is 4.74. The van der Waals surface area contributed by atoms with Crippen LogP contribution in [-0.2, 0) is 6.54 Å². The van der Waals surface area contributed by atoms with Gasteiger partial charge < -0.3 is 10.4 Å². The van der Waals surface area contributed by atoms with E-state index in [4.69, 9.17) is 5.10 Å². The van der Waals surface area contributed by atoms with Crippen molar-refractivity contribution in [1.29, 1.82) is 0 Å². The molecule has 0 spiro atoms. The number of pyridine rings is 1. The van der Waals surface area contributed by atoms with Crippen LogP contribution in [0.3, 0.4) is 0 Å². The SMILES string of the molecule is CC(C)(O)CNCc1cn(-c2ccccc2)nc1-c1cccnc1. The second-order valence-electron chi connectivity index (χ2n) is 6.44. The van der Waals surface area contributed by atoms with Crippen LogP contribution in [0.25, 0.3) is 16.9 Å². The summed E-state index contributed by atoms with van der Waals surface area (Å²) in [6.07, 6.45) is 5.59. The molecule has 0 radical (unpaired) electrons. The van der Waals surface area contributed by atoms with Gasteiger partial charge in [-0.05, 0) is 38.1 Å². The zero-order chi connectivity index (χ0) is 17.0. The van der Waals surface area contributed by atoms with Crippen molar-refractivity contribution in [2.75, 3.05) is 6.54 Å². The fourth-order valence-corrected chi connectivity index (χ4v) is 2.50. The highest BCUT2D eigenvalue weighted by atomic mass is 16.3. The molecule has 0 unspecified atom stereocenters. The molecular formula is C19H22N4O. The third-order valence-electron chi connectivity index (χ3n) is 3.62. The summed E-state index contributed by atoms with van der Waals surface area (Å²) in [6, 6.07) is 13.9. The van der Waals surface area contributed by atoms with E-state index in [1.807, 2.05) is 59.5 Å². The van der Waals surface area contributed by atoms with E-state index >= 15 is 0 Å². The van der Waals surface area contributed by atoms with Crippen molar-refractivity contribution in [3.05, 3.63) is 66.6 Å². The smallest absolute Gasteiger partial charge is 0.0988 e. The van der Waals surface area contributed by atoms with Crippen LogP contribution in [0, 0.1) is 0 Å². The Morgan fingerprint density at radius 2 is 1.92 bits per heavy atom. The topological polar surface area (TPSA) is 63.0 Å². The summed E-state index contributed by atoms with van der Waals surface area (Å²) in [7, 11) is 0. The van der Waals surface area contributed by atoms with E-state index in [1.54, 1.807) is 20.0 Å². The zero-order valence-corrected chi connectivity index (χ0v) is 14.0. The number of nitrogens with one attached hydrogen (secondary N) is 1. The van der Waals surface area contributed by atoms with Crippen molar-refractivity contribution >= 4 is 0 Å². The van der Waals surface area contributed by atoms with Gasteiger partial charge in [-0.1, -0.05) is 18.2 Å². The van der Waals surface area contributed by atoms with Crippen molar-refractivity contribution in [2.24, 2.45) is 0 Å². The summed E-state index contributed by atoms with van der Waals surface area (Å²) in [5.41, 5.74) is 3.21. The Balaban J connectivity index is 1.92. The minimum Gasteiger partial charge on any atom is -0.389 e. The molecule has 0 aliphatic heterocycles. The molecule has 0 saturated carbocycles. The highest BCUT2D eigenvalue weighted by molar-refractivity contribution is 5.62. The van der Waals surface area contributed by atoms with Crippen LogP contribution in [0.15, 0.2) is 61.1 Å². The number of aromatic nitrogens is 3. The number of benzene rings is 1. The fraction of sp³-hybridized carbons (Fsp3) is 0.263. The predicted octanol–water partition coefficient (Wildman–Crippen LogP) is 2.79. The normalized spacial score (nSPS) is 11.6. The molecule has 5 nitrogen and oxygen atoms in total. The lowest BCUT2D eigenvalue weighted by Crippen LogP contribution is -2.34. The largest absolute Gasteiger partial charge is 0.389 e. The molecule has 0 aliphatic rings. The summed E-state index contributed by atoms with van der Waals surface area (Å²) < 4.78 is 1.88. The molecule has 0 atom stereocenters. The van der Waals surface area contributed by atoms with Crippen molar-refractivity contribution < 1.29 is 5.11 Å². The average Bonchev–Trinajstić information content (AvgIpc) is 2.99. The molecule has 2 aromatic heterocycles. The van der Waals surface area contributed by atoms with Crippen LogP contribution in [0.5, 0.6) is 0 Å². The molecule has 0 amide bonds. The van der Waals surface area contributed by atoms with Gasteiger partial charge in [-0.3, -0.25) is 4.98 Å². The van der Waals surface area contributed by atoms with Gasteiger partial charge in [0.25, 0.3) is 0 Å². The number of para-hydroxylation sites is 1.